The van der Waals surface area contributed by atoms with Gasteiger partial charge >= 0.3 is 0 Å². The van der Waals surface area contributed by atoms with Gasteiger partial charge in [0.15, 0.2) is 0 Å². The molecule has 0 atom stereocenters. The lowest BCUT2D eigenvalue weighted by Crippen LogP contribution is -2.19. The highest BCUT2D eigenvalue weighted by molar-refractivity contribution is 5.42. The molecule has 0 spiro atoms. The van der Waals surface area contributed by atoms with Crippen LogP contribution in [0.1, 0.15) is 23.1 Å². The summed E-state index contributed by atoms with van der Waals surface area (Å²) in [5.41, 5.74) is 3.04. The number of rotatable bonds is 8. The Hall–Kier alpha value is -1.32. The topological polar surface area (TPSA) is 41.5 Å². The lowest BCUT2D eigenvalue weighted by atomic mass is 10.1. The summed E-state index contributed by atoms with van der Waals surface area (Å²) in [6.07, 6.45) is 2.76. The van der Waals surface area contributed by atoms with E-state index in [2.05, 4.69) is 11.9 Å². The maximum absolute atomic E-state index is 9.67. The first-order chi connectivity index (χ1) is 8.65. The van der Waals surface area contributed by atoms with Crippen LogP contribution in [0.2, 0.25) is 0 Å². The molecule has 1 aromatic carbocycles. The summed E-state index contributed by atoms with van der Waals surface area (Å²) in [7, 11) is 0. The van der Waals surface area contributed by atoms with Crippen LogP contribution < -0.4 is 5.32 Å². The van der Waals surface area contributed by atoms with E-state index in [-0.39, 0.29) is 0 Å². The Morgan fingerprint density at radius 1 is 1.28 bits per heavy atom. The second-order valence-corrected chi connectivity index (χ2v) is 4.44. The first-order valence-corrected chi connectivity index (χ1v) is 6.33. The molecule has 2 N–H and O–H groups in total. The van der Waals surface area contributed by atoms with E-state index in [0.717, 1.165) is 37.2 Å². The van der Waals surface area contributed by atoms with Gasteiger partial charge in [-0.2, -0.15) is 0 Å². The van der Waals surface area contributed by atoms with Crippen molar-refractivity contribution in [3.63, 3.8) is 0 Å². The molecule has 0 amide bonds. The molecule has 0 heterocycles. The van der Waals surface area contributed by atoms with E-state index in [9.17, 15) is 5.11 Å². The van der Waals surface area contributed by atoms with Crippen molar-refractivity contribution in [1.29, 1.82) is 0 Å². The van der Waals surface area contributed by atoms with Gasteiger partial charge in [0.2, 0.25) is 0 Å². The van der Waals surface area contributed by atoms with Gasteiger partial charge in [0, 0.05) is 13.1 Å². The lowest BCUT2D eigenvalue weighted by Gasteiger charge is -2.09. The minimum Gasteiger partial charge on any atom is -0.507 e. The van der Waals surface area contributed by atoms with E-state index in [4.69, 9.17) is 4.74 Å². The largest absolute Gasteiger partial charge is 0.507 e. The van der Waals surface area contributed by atoms with Crippen LogP contribution in [0.15, 0.2) is 24.8 Å². The molecule has 3 heteroatoms. The van der Waals surface area contributed by atoms with Crippen LogP contribution in [0.25, 0.3) is 0 Å². The molecule has 0 saturated heterocycles. The van der Waals surface area contributed by atoms with Gasteiger partial charge in [-0.25, -0.2) is 0 Å². The predicted molar refractivity (Wildman–Crippen MR) is 74.9 cm³/mol. The fourth-order valence-electron chi connectivity index (χ4n) is 1.79. The first kappa shape index (κ1) is 14.7. The Bertz CT molecular complexity index is 365. The quantitative estimate of drug-likeness (QED) is 0.550. The summed E-state index contributed by atoms with van der Waals surface area (Å²) in [5.74, 6) is 0.395. The second kappa shape index (κ2) is 7.90. The summed E-state index contributed by atoms with van der Waals surface area (Å²) >= 11 is 0. The molecule has 0 radical (unpaired) electrons. The molecule has 100 valence electrons. The minimum atomic E-state index is 0.395. The molecule has 1 aromatic rings. The molecule has 0 aliphatic heterocycles. The highest BCUT2D eigenvalue weighted by Crippen LogP contribution is 2.22. The molecule has 0 aromatic heterocycles. The van der Waals surface area contributed by atoms with Crippen LogP contribution in [-0.2, 0) is 11.3 Å². The number of phenolic OH excluding ortho intramolecular Hbond substituents is 1. The molecule has 0 saturated carbocycles. The van der Waals surface area contributed by atoms with E-state index in [0.29, 0.717) is 12.4 Å². The molecule has 0 fully saturated rings. The molecule has 0 unspecified atom stereocenters. The van der Waals surface area contributed by atoms with Gasteiger partial charge in [-0.1, -0.05) is 18.2 Å². The molecule has 1 rings (SSSR count). The highest BCUT2D eigenvalue weighted by Gasteiger charge is 2.02. The van der Waals surface area contributed by atoms with E-state index in [1.165, 1.54) is 5.56 Å². The van der Waals surface area contributed by atoms with Gasteiger partial charge in [-0.15, -0.1) is 6.58 Å². The molecular weight excluding hydrogens is 226 g/mol. The Kier molecular flexibility index (Phi) is 6.47. The van der Waals surface area contributed by atoms with Crippen LogP contribution in [0, 0.1) is 13.8 Å². The number of phenols is 1. The Morgan fingerprint density at radius 2 is 1.94 bits per heavy atom. The SMILES string of the molecule is C=CCCOCCNCc1cc(C)c(O)c(C)c1. The van der Waals surface area contributed by atoms with Crippen molar-refractivity contribution in [3.8, 4) is 5.75 Å². The third kappa shape index (κ3) is 4.90. The predicted octanol–water partition coefficient (Wildman–Crippen LogP) is 2.69. The zero-order valence-electron chi connectivity index (χ0n) is 11.3. The first-order valence-electron chi connectivity index (χ1n) is 6.33. The van der Waals surface area contributed by atoms with Crippen LogP contribution in [-0.4, -0.2) is 24.9 Å². The van der Waals surface area contributed by atoms with Crippen molar-refractivity contribution in [2.75, 3.05) is 19.8 Å². The maximum atomic E-state index is 9.67. The monoisotopic (exact) mass is 249 g/mol. The van der Waals surface area contributed by atoms with Gasteiger partial charge in [0.1, 0.15) is 5.75 Å². The molecule has 0 aliphatic carbocycles. The van der Waals surface area contributed by atoms with E-state index in [1.807, 2.05) is 32.1 Å². The van der Waals surface area contributed by atoms with Gasteiger partial charge < -0.3 is 15.2 Å². The van der Waals surface area contributed by atoms with E-state index >= 15 is 0 Å². The highest BCUT2D eigenvalue weighted by atomic mass is 16.5. The van der Waals surface area contributed by atoms with Crippen molar-refractivity contribution in [2.45, 2.75) is 26.8 Å². The van der Waals surface area contributed by atoms with Gasteiger partial charge in [0.25, 0.3) is 0 Å². The fourth-order valence-corrected chi connectivity index (χ4v) is 1.79. The van der Waals surface area contributed by atoms with Crippen molar-refractivity contribution in [2.24, 2.45) is 0 Å². The maximum Gasteiger partial charge on any atom is 0.121 e. The average molecular weight is 249 g/mol. The van der Waals surface area contributed by atoms with Gasteiger partial charge in [0.05, 0.1) is 13.2 Å². The van der Waals surface area contributed by atoms with Gasteiger partial charge in [-0.3, -0.25) is 0 Å². The van der Waals surface area contributed by atoms with Crippen molar-refractivity contribution < 1.29 is 9.84 Å². The van der Waals surface area contributed by atoms with E-state index < -0.39 is 0 Å². The summed E-state index contributed by atoms with van der Waals surface area (Å²) in [6.45, 7) is 10.6. The van der Waals surface area contributed by atoms with Crippen molar-refractivity contribution in [3.05, 3.63) is 41.5 Å². The summed E-state index contributed by atoms with van der Waals surface area (Å²) in [5, 5.41) is 13.0. The van der Waals surface area contributed by atoms with Crippen molar-refractivity contribution in [1.82, 2.24) is 5.32 Å². The standard InChI is InChI=1S/C15H23NO2/c1-4-5-7-18-8-6-16-11-14-9-12(2)15(17)13(3)10-14/h4,9-10,16-17H,1,5-8,11H2,2-3H3. The summed E-state index contributed by atoms with van der Waals surface area (Å²) in [6, 6.07) is 4.02. The van der Waals surface area contributed by atoms with Crippen LogP contribution >= 0.6 is 0 Å². The molecule has 0 bridgehead atoms. The second-order valence-electron chi connectivity index (χ2n) is 4.44. The number of benzene rings is 1. The Balaban J connectivity index is 2.25. The lowest BCUT2D eigenvalue weighted by molar-refractivity contribution is 0.140. The number of aromatic hydroxyl groups is 1. The smallest absolute Gasteiger partial charge is 0.121 e. The zero-order valence-corrected chi connectivity index (χ0v) is 11.3. The zero-order chi connectivity index (χ0) is 13.4. The normalized spacial score (nSPS) is 10.6. The molecule has 18 heavy (non-hydrogen) atoms. The number of hydrogen-bond acceptors (Lipinski definition) is 3. The molecule has 0 aliphatic rings. The number of nitrogens with one attached hydrogen (secondary N) is 1. The van der Waals surface area contributed by atoms with Crippen LogP contribution in [0.4, 0.5) is 0 Å². The average Bonchev–Trinajstić information content (AvgIpc) is 2.34. The van der Waals surface area contributed by atoms with E-state index in [1.54, 1.807) is 0 Å². The summed E-state index contributed by atoms with van der Waals surface area (Å²) in [4.78, 5) is 0. The van der Waals surface area contributed by atoms with Crippen LogP contribution in [0.5, 0.6) is 5.75 Å². The van der Waals surface area contributed by atoms with Gasteiger partial charge in [-0.05, 0) is 37.0 Å². The molecule has 3 nitrogen and oxygen atoms in total. The minimum absolute atomic E-state index is 0.395. The Labute approximate surface area is 109 Å². The van der Waals surface area contributed by atoms with Crippen molar-refractivity contribution >= 4 is 0 Å². The molecular formula is C15H23NO2. The Morgan fingerprint density at radius 3 is 2.56 bits per heavy atom. The third-order valence-electron chi connectivity index (χ3n) is 2.77. The number of aryl methyl sites for hydroxylation is 2. The van der Waals surface area contributed by atoms with Crippen LogP contribution in [0.3, 0.4) is 0 Å². The number of hydrogen-bond donors (Lipinski definition) is 2. The number of ether oxygens (including phenoxy) is 1. The fraction of sp³-hybridized carbons (Fsp3) is 0.467. The third-order valence-corrected chi connectivity index (χ3v) is 2.77. The summed E-state index contributed by atoms with van der Waals surface area (Å²) < 4.78 is 5.40.